The van der Waals surface area contributed by atoms with Gasteiger partial charge in [0.25, 0.3) is 0 Å². The molecule has 0 spiro atoms. The largest absolute Gasteiger partial charge is 0.496 e. The minimum absolute atomic E-state index is 0.224. The summed E-state index contributed by atoms with van der Waals surface area (Å²) in [5.74, 6) is -1.04. The van der Waals surface area contributed by atoms with Crippen LogP contribution in [0, 0.1) is 11.8 Å². The molecule has 0 amide bonds. The van der Waals surface area contributed by atoms with E-state index in [0.29, 0.717) is 18.6 Å². The van der Waals surface area contributed by atoms with Gasteiger partial charge in [-0.1, -0.05) is 31.0 Å². The number of para-hydroxylation sites is 1. The summed E-state index contributed by atoms with van der Waals surface area (Å²) < 4.78 is 45.3. The van der Waals surface area contributed by atoms with Crippen molar-refractivity contribution in [1.82, 2.24) is 5.32 Å². The van der Waals surface area contributed by atoms with E-state index in [4.69, 9.17) is 4.74 Å². The maximum atomic E-state index is 13.3. The van der Waals surface area contributed by atoms with Gasteiger partial charge in [0, 0.05) is 11.6 Å². The van der Waals surface area contributed by atoms with Crippen LogP contribution in [0.25, 0.3) is 0 Å². The van der Waals surface area contributed by atoms with E-state index in [1.165, 1.54) is 0 Å². The van der Waals surface area contributed by atoms with Crippen LogP contribution in [0.3, 0.4) is 0 Å². The molecule has 1 aliphatic carbocycles. The van der Waals surface area contributed by atoms with Crippen LogP contribution in [0.1, 0.15) is 37.3 Å². The third-order valence-electron chi connectivity index (χ3n) is 4.45. The first-order chi connectivity index (χ1) is 9.99. The summed E-state index contributed by atoms with van der Waals surface area (Å²) in [6.07, 6.45) is -1.81. The van der Waals surface area contributed by atoms with Gasteiger partial charge >= 0.3 is 6.18 Å². The molecular weight excluding hydrogens is 279 g/mol. The number of halogens is 3. The van der Waals surface area contributed by atoms with E-state index < -0.39 is 18.0 Å². The number of rotatable bonds is 4. The Morgan fingerprint density at radius 1 is 1.19 bits per heavy atom. The maximum Gasteiger partial charge on any atom is 0.392 e. The lowest BCUT2D eigenvalue weighted by molar-refractivity contribution is -0.199. The number of benzene rings is 1. The molecule has 1 fully saturated rings. The highest BCUT2D eigenvalue weighted by Gasteiger charge is 2.48. The third-order valence-corrected chi connectivity index (χ3v) is 4.45. The number of alkyl halides is 3. The van der Waals surface area contributed by atoms with Crippen molar-refractivity contribution in [2.45, 2.75) is 37.9 Å². The lowest BCUT2D eigenvalue weighted by Crippen LogP contribution is -2.40. The van der Waals surface area contributed by atoms with Crippen molar-refractivity contribution in [2.75, 3.05) is 14.2 Å². The molecule has 0 heterocycles. The number of nitrogens with one attached hydrogen (secondary N) is 1. The van der Waals surface area contributed by atoms with Crippen LogP contribution in [0.2, 0.25) is 0 Å². The molecule has 1 N–H and O–H groups in total. The highest BCUT2D eigenvalue weighted by molar-refractivity contribution is 5.36. The Kier molecular flexibility index (Phi) is 5.14. The molecule has 118 valence electrons. The van der Waals surface area contributed by atoms with E-state index >= 15 is 0 Å². The van der Waals surface area contributed by atoms with Crippen LogP contribution in [-0.2, 0) is 0 Å². The molecule has 0 bridgehead atoms. The Morgan fingerprint density at radius 3 is 2.48 bits per heavy atom. The summed E-state index contributed by atoms with van der Waals surface area (Å²) in [6.45, 7) is 0. The minimum atomic E-state index is -4.14. The zero-order valence-corrected chi connectivity index (χ0v) is 12.4. The average Bonchev–Trinajstić information content (AvgIpc) is 2.48. The van der Waals surface area contributed by atoms with Crippen molar-refractivity contribution in [3.05, 3.63) is 29.8 Å². The van der Waals surface area contributed by atoms with Crippen LogP contribution in [0.5, 0.6) is 5.75 Å². The van der Waals surface area contributed by atoms with E-state index in [2.05, 4.69) is 5.32 Å². The van der Waals surface area contributed by atoms with Gasteiger partial charge in [0.15, 0.2) is 0 Å². The van der Waals surface area contributed by atoms with Gasteiger partial charge in [-0.05, 0) is 31.9 Å². The number of hydrogen-bond acceptors (Lipinski definition) is 2. The normalized spacial score (nSPS) is 24.6. The Morgan fingerprint density at radius 2 is 1.86 bits per heavy atom. The molecule has 1 aliphatic rings. The quantitative estimate of drug-likeness (QED) is 0.894. The van der Waals surface area contributed by atoms with Crippen molar-refractivity contribution in [3.63, 3.8) is 0 Å². The molecule has 5 heteroatoms. The van der Waals surface area contributed by atoms with Crippen LogP contribution in [-0.4, -0.2) is 20.3 Å². The van der Waals surface area contributed by atoms with Gasteiger partial charge in [-0.15, -0.1) is 0 Å². The summed E-state index contributed by atoms with van der Waals surface area (Å²) in [4.78, 5) is 0. The molecule has 3 atom stereocenters. The minimum Gasteiger partial charge on any atom is -0.496 e. The SMILES string of the molecule is CNC(c1ccccc1OC)C1CCCCC1C(F)(F)F. The van der Waals surface area contributed by atoms with E-state index in [1.807, 2.05) is 18.2 Å². The van der Waals surface area contributed by atoms with E-state index in [1.54, 1.807) is 20.2 Å². The van der Waals surface area contributed by atoms with Crippen LogP contribution >= 0.6 is 0 Å². The predicted octanol–water partition coefficient (Wildman–Crippen LogP) is 4.32. The van der Waals surface area contributed by atoms with Crippen LogP contribution in [0.15, 0.2) is 24.3 Å². The first-order valence-corrected chi connectivity index (χ1v) is 7.36. The highest BCUT2D eigenvalue weighted by Crippen LogP contribution is 2.47. The van der Waals surface area contributed by atoms with Crippen molar-refractivity contribution in [1.29, 1.82) is 0 Å². The predicted molar refractivity (Wildman–Crippen MR) is 76.3 cm³/mol. The fourth-order valence-electron chi connectivity index (χ4n) is 3.49. The standard InChI is InChI=1S/C16H22F3NO/c1-20-15(12-8-4-6-10-14(12)21-2)11-7-3-5-9-13(11)16(17,18)19/h4,6,8,10-11,13,15,20H,3,5,7,9H2,1-2H3. The average molecular weight is 301 g/mol. The van der Waals surface area contributed by atoms with Crippen LogP contribution < -0.4 is 10.1 Å². The first-order valence-electron chi connectivity index (χ1n) is 7.36. The van der Waals surface area contributed by atoms with Gasteiger partial charge in [0.05, 0.1) is 13.0 Å². The second-order valence-corrected chi connectivity index (χ2v) is 5.60. The molecule has 21 heavy (non-hydrogen) atoms. The third kappa shape index (κ3) is 3.51. The molecular formula is C16H22F3NO. The van der Waals surface area contributed by atoms with Crippen molar-refractivity contribution in [2.24, 2.45) is 11.8 Å². The number of hydrogen-bond donors (Lipinski definition) is 1. The van der Waals surface area contributed by atoms with Gasteiger partial charge in [-0.3, -0.25) is 0 Å². The fourth-order valence-corrected chi connectivity index (χ4v) is 3.49. The summed E-state index contributed by atoms with van der Waals surface area (Å²) in [5, 5.41) is 3.08. The van der Waals surface area contributed by atoms with Gasteiger partial charge in [-0.25, -0.2) is 0 Å². The Labute approximate surface area is 123 Å². The zero-order valence-electron chi connectivity index (χ0n) is 12.4. The van der Waals surface area contributed by atoms with Crippen molar-refractivity contribution < 1.29 is 17.9 Å². The van der Waals surface area contributed by atoms with Gasteiger partial charge < -0.3 is 10.1 Å². The Balaban J connectivity index is 2.34. The van der Waals surface area contributed by atoms with E-state index in [9.17, 15) is 13.2 Å². The Bertz CT molecular complexity index is 461. The molecule has 1 saturated carbocycles. The molecule has 0 saturated heterocycles. The lowest BCUT2D eigenvalue weighted by atomic mass is 9.73. The molecule has 0 radical (unpaired) electrons. The highest BCUT2D eigenvalue weighted by atomic mass is 19.4. The van der Waals surface area contributed by atoms with E-state index in [0.717, 1.165) is 12.0 Å². The molecule has 2 nitrogen and oxygen atoms in total. The summed E-state index contributed by atoms with van der Waals surface area (Å²) in [7, 11) is 3.27. The molecule has 3 unspecified atom stereocenters. The molecule has 1 aromatic rings. The van der Waals surface area contributed by atoms with Crippen LogP contribution in [0.4, 0.5) is 13.2 Å². The first kappa shape index (κ1) is 16.1. The lowest BCUT2D eigenvalue weighted by Gasteiger charge is -2.38. The second-order valence-electron chi connectivity index (χ2n) is 5.60. The molecule has 0 aromatic heterocycles. The molecule has 0 aliphatic heterocycles. The number of ether oxygens (including phenoxy) is 1. The number of methoxy groups -OCH3 is 1. The monoisotopic (exact) mass is 301 g/mol. The summed E-state index contributed by atoms with van der Waals surface area (Å²) in [6, 6.07) is 6.98. The molecule has 2 rings (SSSR count). The van der Waals surface area contributed by atoms with Crippen molar-refractivity contribution >= 4 is 0 Å². The zero-order chi connectivity index (χ0) is 15.5. The smallest absolute Gasteiger partial charge is 0.392 e. The van der Waals surface area contributed by atoms with Gasteiger partial charge in [-0.2, -0.15) is 13.2 Å². The second kappa shape index (κ2) is 6.69. The molecule has 1 aromatic carbocycles. The maximum absolute atomic E-state index is 13.3. The van der Waals surface area contributed by atoms with Gasteiger partial charge in [0.2, 0.25) is 0 Å². The van der Waals surface area contributed by atoms with E-state index in [-0.39, 0.29) is 12.5 Å². The summed E-state index contributed by atoms with van der Waals surface area (Å²) >= 11 is 0. The van der Waals surface area contributed by atoms with Crippen molar-refractivity contribution in [3.8, 4) is 5.75 Å². The topological polar surface area (TPSA) is 21.3 Å². The fraction of sp³-hybridized carbons (Fsp3) is 0.625. The Hall–Kier alpha value is -1.23. The van der Waals surface area contributed by atoms with Gasteiger partial charge in [0.1, 0.15) is 5.75 Å². The summed E-state index contributed by atoms with van der Waals surface area (Å²) in [5.41, 5.74) is 0.809.